The molecule has 0 saturated carbocycles. The number of carbonyl (C=O) groups is 3. The standard InChI is InChI=1S/C93H156O16P2/c1-4-7-10-13-16-19-22-25-28-31-34-36-38-39-40-41-42-43-44-45-46-47-49-51-53-55-58-61-64-67-70-73-76-79-91(96)103-82-88(94)83-105-110(99,100)106-84-89(95)85-107-111(101,102)108-87-90(109-93(98)81-78-75-72-69-66-63-60-57-52-33-30-27-24-21-18-15-12-9-6-3)86-104-92(97)80-77-74-71-68-65-62-59-56-54-50-48-37-35-32-29-26-23-20-17-14-11-8-5-2/h8-9,11-12,16-21,25-30,34-37,39-40,50,52,54,57,63,66,88-90,94-95H,4-7,10,13-15,22-24,31-33,38,41-49,51,53,55-56,58-62,64-65,67-87H2,1-3H3,(H,99,100)(H,101,102)/b11-8-,12-9-,19-16-,20-17-,21-18-,28-25-,29-26-,30-27-,36-34-,37-35-,40-39-,54-50-,57-52-,66-63-. The maximum atomic E-state index is 13.0. The Morgan fingerprint density at radius 3 is 0.766 bits per heavy atom. The molecule has 634 valence electrons. The van der Waals surface area contributed by atoms with Crippen LogP contribution in [0.1, 0.15) is 342 Å². The number of unbranched alkanes of at least 4 members (excludes halogenated alkanes) is 30. The molecule has 0 aliphatic carbocycles. The van der Waals surface area contributed by atoms with Gasteiger partial charge in [0.25, 0.3) is 0 Å². The normalized spacial score (nSPS) is 14.7. The highest BCUT2D eigenvalue weighted by atomic mass is 31.2. The van der Waals surface area contributed by atoms with Gasteiger partial charge in [0.2, 0.25) is 0 Å². The van der Waals surface area contributed by atoms with Gasteiger partial charge in [-0.3, -0.25) is 32.5 Å². The molecule has 18 heteroatoms. The molecule has 0 rings (SSSR count). The fourth-order valence-electron chi connectivity index (χ4n) is 11.4. The van der Waals surface area contributed by atoms with Crippen molar-refractivity contribution < 1.29 is 75.8 Å². The SMILES string of the molecule is CC/C=C\C/C=C\C/C=C\C/C=C\C/C=C\CCCCCCCCCC(=O)OCC(COP(=O)(O)OCC(O)COP(=O)(O)OCC(O)COC(=O)CCCCCCCCCCCCCCCCCCC/C=C\C/C=C\C/C=C\C/C=C\CCCCC)OC(=O)CCCCC/C=C\C/C=C\C/C=C\C/C=C\C/C=C\CC. The Hall–Kier alpha value is -5.09. The average molecular weight is 1590 g/mol. The summed E-state index contributed by atoms with van der Waals surface area (Å²) >= 11 is 0. The molecule has 0 fully saturated rings. The highest BCUT2D eigenvalue weighted by molar-refractivity contribution is 7.47. The van der Waals surface area contributed by atoms with Gasteiger partial charge in [0, 0.05) is 19.3 Å². The molecule has 0 amide bonds. The summed E-state index contributed by atoms with van der Waals surface area (Å²) in [7, 11) is -9.82. The van der Waals surface area contributed by atoms with E-state index in [1.54, 1.807) is 0 Å². The maximum absolute atomic E-state index is 13.0. The lowest BCUT2D eigenvalue weighted by Gasteiger charge is -2.21. The molecule has 0 aromatic rings. The number of hydrogen-bond acceptors (Lipinski definition) is 14. The summed E-state index contributed by atoms with van der Waals surface area (Å²) in [6, 6.07) is 0. The summed E-state index contributed by atoms with van der Waals surface area (Å²) in [5, 5.41) is 20.7. The second kappa shape index (κ2) is 84.3. The molecule has 0 aromatic heterocycles. The third-order valence-electron chi connectivity index (χ3n) is 17.9. The fourth-order valence-corrected chi connectivity index (χ4v) is 13.0. The van der Waals surface area contributed by atoms with Crippen molar-refractivity contribution in [2.45, 2.75) is 360 Å². The Kier molecular flexibility index (Phi) is 80.4. The Morgan fingerprint density at radius 1 is 0.261 bits per heavy atom. The van der Waals surface area contributed by atoms with Gasteiger partial charge in [-0.05, 0) is 154 Å². The molecular weight excluding hydrogens is 1430 g/mol. The lowest BCUT2D eigenvalue weighted by atomic mass is 10.0. The van der Waals surface area contributed by atoms with Gasteiger partial charge in [-0.25, -0.2) is 9.13 Å². The van der Waals surface area contributed by atoms with Crippen LogP contribution in [-0.2, 0) is 55.8 Å². The first-order valence-electron chi connectivity index (χ1n) is 43.4. The van der Waals surface area contributed by atoms with Crippen LogP contribution in [0.3, 0.4) is 0 Å². The quantitative estimate of drug-likeness (QED) is 0.0146. The number of esters is 3. The zero-order chi connectivity index (χ0) is 80.8. The van der Waals surface area contributed by atoms with E-state index >= 15 is 0 Å². The van der Waals surface area contributed by atoms with Crippen LogP contribution >= 0.6 is 15.6 Å². The zero-order valence-electron chi connectivity index (χ0n) is 69.6. The second-order valence-corrected chi connectivity index (χ2v) is 31.5. The molecule has 5 unspecified atom stereocenters. The molecule has 0 heterocycles. The second-order valence-electron chi connectivity index (χ2n) is 28.6. The van der Waals surface area contributed by atoms with E-state index in [1.807, 2.05) is 0 Å². The molecule has 16 nitrogen and oxygen atoms in total. The first-order valence-corrected chi connectivity index (χ1v) is 46.4. The third kappa shape index (κ3) is 85.6. The molecule has 0 spiro atoms. The first kappa shape index (κ1) is 106. The number of aliphatic hydroxyl groups excluding tert-OH is 2. The van der Waals surface area contributed by atoms with Crippen molar-refractivity contribution >= 4 is 33.6 Å². The average Bonchev–Trinajstić information content (AvgIpc) is 0.902. The minimum absolute atomic E-state index is 0.0571. The highest BCUT2D eigenvalue weighted by Gasteiger charge is 2.29. The van der Waals surface area contributed by atoms with E-state index in [0.29, 0.717) is 19.3 Å². The lowest BCUT2D eigenvalue weighted by Crippen LogP contribution is -2.30. The first-order chi connectivity index (χ1) is 54.2. The van der Waals surface area contributed by atoms with Crippen LogP contribution in [0.2, 0.25) is 0 Å². The van der Waals surface area contributed by atoms with Crippen molar-refractivity contribution in [2.75, 3.05) is 39.6 Å². The maximum Gasteiger partial charge on any atom is 0.472 e. The number of ether oxygens (including phenoxy) is 3. The molecule has 0 radical (unpaired) electrons. The van der Waals surface area contributed by atoms with Gasteiger partial charge in [-0.1, -0.05) is 339 Å². The van der Waals surface area contributed by atoms with E-state index in [4.69, 9.17) is 32.3 Å². The van der Waals surface area contributed by atoms with Crippen LogP contribution in [0.5, 0.6) is 0 Å². The fraction of sp³-hybridized carbons (Fsp3) is 0.667. The smallest absolute Gasteiger partial charge is 0.463 e. The number of rotatable bonds is 81. The topological polar surface area (TPSA) is 231 Å². The van der Waals surface area contributed by atoms with Crippen molar-refractivity contribution in [3.8, 4) is 0 Å². The van der Waals surface area contributed by atoms with Crippen LogP contribution in [-0.4, -0.2) is 95.9 Å². The van der Waals surface area contributed by atoms with E-state index in [0.717, 1.165) is 167 Å². The lowest BCUT2D eigenvalue weighted by molar-refractivity contribution is -0.161. The summed E-state index contributed by atoms with van der Waals surface area (Å²) in [6.07, 6.45) is 108. The molecule has 111 heavy (non-hydrogen) atoms. The Bertz CT molecular complexity index is 2700. The number of aliphatic hydroxyl groups is 2. The van der Waals surface area contributed by atoms with E-state index in [1.165, 1.54) is 116 Å². The predicted molar refractivity (Wildman–Crippen MR) is 463 cm³/mol. The van der Waals surface area contributed by atoms with Gasteiger partial charge in [0.15, 0.2) is 6.10 Å². The largest absolute Gasteiger partial charge is 0.472 e. The van der Waals surface area contributed by atoms with E-state index in [2.05, 4.69) is 191 Å². The Morgan fingerprint density at radius 2 is 0.477 bits per heavy atom. The summed E-state index contributed by atoms with van der Waals surface area (Å²) in [5.74, 6) is -1.63. The van der Waals surface area contributed by atoms with Crippen LogP contribution in [0.4, 0.5) is 0 Å². The van der Waals surface area contributed by atoms with Crippen LogP contribution in [0.15, 0.2) is 170 Å². The molecule has 0 aliphatic heterocycles. The molecule has 0 aliphatic rings. The van der Waals surface area contributed by atoms with Gasteiger partial charge in [-0.2, -0.15) is 0 Å². The highest BCUT2D eigenvalue weighted by Crippen LogP contribution is 2.45. The van der Waals surface area contributed by atoms with Gasteiger partial charge in [0.1, 0.15) is 25.4 Å². The van der Waals surface area contributed by atoms with Crippen molar-refractivity contribution in [1.82, 2.24) is 0 Å². The van der Waals surface area contributed by atoms with Crippen LogP contribution in [0, 0.1) is 0 Å². The predicted octanol–water partition coefficient (Wildman–Crippen LogP) is 26.3. The number of hydrogen-bond donors (Lipinski definition) is 4. The molecule has 5 atom stereocenters. The number of allylic oxidation sites excluding steroid dienone is 28. The number of carbonyl (C=O) groups excluding carboxylic acids is 3. The minimum atomic E-state index is -4.95. The summed E-state index contributed by atoms with van der Waals surface area (Å²) < 4.78 is 61.3. The van der Waals surface area contributed by atoms with Gasteiger partial charge in [0.05, 0.1) is 26.4 Å². The minimum Gasteiger partial charge on any atom is -0.463 e. The molecule has 0 saturated heterocycles. The van der Waals surface area contributed by atoms with E-state index < -0.39 is 91.5 Å². The molecular formula is C93H156O16P2. The zero-order valence-corrected chi connectivity index (χ0v) is 71.4. The summed E-state index contributed by atoms with van der Waals surface area (Å²) in [5.41, 5.74) is 0. The summed E-state index contributed by atoms with van der Waals surface area (Å²) in [6.45, 7) is 2.39. The van der Waals surface area contributed by atoms with Gasteiger partial charge in [-0.15, -0.1) is 0 Å². The number of phosphoric ester groups is 2. The van der Waals surface area contributed by atoms with Crippen molar-refractivity contribution in [2.24, 2.45) is 0 Å². The van der Waals surface area contributed by atoms with Crippen LogP contribution < -0.4 is 0 Å². The van der Waals surface area contributed by atoms with Crippen molar-refractivity contribution in [1.29, 1.82) is 0 Å². The Labute approximate surface area is 675 Å². The van der Waals surface area contributed by atoms with Gasteiger partial charge < -0.3 is 34.2 Å². The van der Waals surface area contributed by atoms with Crippen molar-refractivity contribution in [3.63, 3.8) is 0 Å². The van der Waals surface area contributed by atoms with Gasteiger partial charge >= 0.3 is 33.6 Å². The van der Waals surface area contributed by atoms with E-state index in [9.17, 15) is 43.5 Å². The summed E-state index contributed by atoms with van der Waals surface area (Å²) in [4.78, 5) is 58.8. The molecule has 0 bridgehead atoms. The molecule has 4 N–H and O–H groups in total. The monoisotopic (exact) mass is 1590 g/mol. The van der Waals surface area contributed by atoms with Crippen LogP contribution in [0.25, 0.3) is 0 Å². The third-order valence-corrected chi connectivity index (χ3v) is 19.8. The number of phosphoric acid groups is 2. The molecule has 0 aromatic carbocycles. The van der Waals surface area contributed by atoms with E-state index in [-0.39, 0.29) is 19.3 Å². The van der Waals surface area contributed by atoms with Crippen molar-refractivity contribution in [3.05, 3.63) is 170 Å². The Balaban J connectivity index is 4.56.